The Balaban J connectivity index is 1.34. The van der Waals surface area contributed by atoms with E-state index >= 15 is 0 Å². The van der Waals surface area contributed by atoms with Crippen LogP contribution in [-0.2, 0) is 4.79 Å². The van der Waals surface area contributed by atoms with E-state index < -0.39 is 0 Å². The molecule has 6 rings (SSSR count). The van der Waals surface area contributed by atoms with Gasteiger partial charge in [0.1, 0.15) is 5.66 Å². The van der Waals surface area contributed by atoms with Crippen molar-refractivity contribution in [1.82, 2.24) is 10.2 Å². The van der Waals surface area contributed by atoms with E-state index in [1.54, 1.807) is 0 Å². The first-order valence-corrected chi connectivity index (χ1v) is 11.0. The highest BCUT2D eigenvalue weighted by Crippen LogP contribution is 2.52. The average Bonchev–Trinajstić information content (AvgIpc) is 2.73. The molecule has 4 atom stereocenters. The molecule has 1 heterocycles. The molecule has 5 heteroatoms. The van der Waals surface area contributed by atoms with Gasteiger partial charge < -0.3 is 15.5 Å². The number of hydrogen-bond acceptors (Lipinski definition) is 3. The molecule has 0 saturated heterocycles. The van der Waals surface area contributed by atoms with Crippen LogP contribution in [0.15, 0.2) is 24.3 Å². The van der Waals surface area contributed by atoms with E-state index in [4.69, 9.17) is 0 Å². The fourth-order valence-electron chi connectivity index (χ4n) is 6.36. The van der Waals surface area contributed by atoms with Gasteiger partial charge in [0, 0.05) is 30.6 Å². The number of carbonyl (C=O) groups is 2. The Labute approximate surface area is 167 Å². The van der Waals surface area contributed by atoms with E-state index in [0.717, 1.165) is 49.8 Å². The molecule has 0 unspecified atom stereocenters. The van der Waals surface area contributed by atoms with Gasteiger partial charge >= 0.3 is 0 Å². The highest BCUT2D eigenvalue weighted by Gasteiger charge is 2.55. The number of amides is 2. The molecular weight excluding hydrogens is 350 g/mol. The summed E-state index contributed by atoms with van der Waals surface area (Å²) in [5.41, 5.74) is 1.27. The van der Waals surface area contributed by atoms with Gasteiger partial charge in [0.2, 0.25) is 5.91 Å². The van der Waals surface area contributed by atoms with Gasteiger partial charge in [-0.05, 0) is 56.6 Å². The van der Waals surface area contributed by atoms with Crippen LogP contribution in [0.25, 0.3) is 0 Å². The van der Waals surface area contributed by atoms with Crippen LogP contribution < -0.4 is 10.6 Å². The van der Waals surface area contributed by atoms with Crippen molar-refractivity contribution in [3.05, 3.63) is 29.8 Å². The number of hydrogen-bond donors (Lipinski definition) is 2. The Morgan fingerprint density at radius 2 is 1.86 bits per heavy atom. The summed E-state index contributed by atoms with van der Waals surface area (Å²) in [6.45, 7) is 0. The predicted molar refractivity (Wildman–Crippen MR) is 109 cm³/mol. The largest absolute Gasteiger partial charge is 0.362 e. The number of para-hydroxylation sites is 1. The van der Waals surface area contributed by atoms with Gasteiger partial charge in [0.05, 0.1) is 5.56 Å². The fraction of sp³-hybridized carbons (Fsp3) is 0.652. The maximum absolute atomic E-state index is 13.3. The standard InChI is InChI=1S/C23H31N3O2/c1-26(17-7-3-2-4-8-17)22(28)19-13-16-12-11-15(19)14-23(16)24-20-10-6-5-9-18(20)21(27)25-23/h5-6,9-10,15-17,19,24H,2-4,7-8,11-14H2,1H3,(H,25,27)/t15-,16+,19+,23+/m0/s1. The lowest BCUT2D eigenvalue weighted by Crippen LogP contribution is -2.68. The van der Waals surface area contributed by atoms with Crippen LogP contribution >= 0.6 is 0 Å². The van der Waals surface area contributed by atoms with E-state index in [1.807, 2.05) is 31.3 Å². The Morgan fingerprint density at radius 1 is 1.07 bits per heavy atom. The van der Waals surface area contributed by atoms with Crippen LogP contribution in [0, 0.1) is 17.8 Å². The van der Waals surface area contributed by atoms with E-state index in [0.29, 0.717) is 23.8 Å². The van der Waals surface area contributed by atoms with Gasteiger partial charge in [-0.1, -0.05) is 31.4 Å². The highest BCUT2D eigenvalue weighted by atomic mass is 16.2. The first-order valence-electron chi connectivity index (χ1n) is 11.0. The zero-order valence-electron chi connectivity index (χ0n) is 16.7. The summed E-state index contributed by atoms with van der Waals surface area (Å²) in [7, 11) is 2.02. The molecule has 1 spiro atoms. The van der Waals surface area contributed by atoms with Gasteiger partial charge in [-0.15, -0.1) is 0 Å². The van der Waals surface area contributed by atoms with Crippen molar-refractivity contribution in [3.8, 4) is 0 Å². The van der Waals surface area contributed by atoms with Crippen LogP contribution in [0.2, 0.25) is 0 Å². The van der Waals surface area contributed by atoms with Crippen molar-refractivity contribution >= 4 is 17.5 Å². The maximum atomic E-state index is 13.3. The lowest BCUT2D eigenvalue weighted by molar-refractivity contribution is -0.144. The zero-order valence-corrected chi connectivity index (χ0v) is 16.7. The molecule has 0 aromatic heterocycles. The number of anilines is 1. The molecule has 150 valence electrons. The van der Waals surface area contributed by atoms with E-state index in [2.05, 4.69) is 15.5 Å². The Morgan fingerprint density at radius 3 is 2.61 bits per heavy atom. The zero-order chi connectivity index (χ0) is 19.3. The first-order chi connectivity index (χ1) is 13.6. The minimum Gasteiger partial charge on any atom is -0.362 e. The van der Waals surface area contributed by atoms with E-state index in [9.17, 15) is 9.59 Å². The van der Waals surface area contributed by atoms with Gasteiger partial charge in [0.15, 0.2) is 0 Å². The molecule has 1 aliphatic heterocycles. The maximum Gasteiger partial charge on any atom is 0.255 e. The second-order valence-electron chi connectivity index (χ2n) is 9.42. The van der Waals surface area contributed by atoms with Crippen LogP contribution in [0.3, 0.4) is 0 Å². The van der Waals surface area contributed by atoms with Crippen molar-refractivity contribution in [2.24, 2.45) is 17.8 Å². The number of fused-ring (bicyclic) bond motifs is 3. The van der Waals surface area contributed by atoms with Crippen LogP contribution in [0.4, 0.5) is 5.69 Å². The minimum atomic E-state index is -0.380. The smallest absolute Gasteiger partial charge is 0.255 e. The van der Waals surface area contributed by atoms with Crippen LogP contribution in [0.5, 0.6) is 0 Å². The molecule has 2 bridgehead atoms. The molecule has 2 N–H and O–H groups in total. The predicted octanol–water partition coefficient (Wildman–Crippen LogP) is 3.77. The summed E-state index contributed by atoms with van der Waals surface area (Å²) in [5, 5.41) is 6.97. The average molecular weight is 382 g/mol. The third-order valence-corrected chi connectivity index (χ3v) is 7.93. The first kappa shape index (κ1) is 18.0. The molecular formula is C23H31N3O2. The Bertz CT molecular complexity index is 788. The van der Waals surface area contributed by atoms with E-state index in [-0.39, 0.29) is 17.5 Å². The van der Waals surface area contributed by atoms with E-state index in [1.165, 1.54) is 19.3 Å². The number of benzene rings is 1. The molecule has 1 aromatic carbocycles. The topological polar surface area (TPSA) is 61.4 Å². The SMILES string of the molecule is CN(C(=O)[C@@H]1C[C@H]2CC[C@H]1C[C@@]21NC(=O)c2ccccc2N1)C1CCCCC1. The van der Waals surface area contributed by atoms with Crippen molar-refractivity contribution < 1.29 is 9.59 Å². The Hall–Kier alpha value is -2.04. The number of rotatable bonds is 2. The molecule has 28 heavy (non-hydrogen) atoms. The molecule has 4 saturated carbocycles. The van der Waals surface area contributed by atoms with Gasteiger partial charge in [-0.2, -0.15) is 0 Å². The minimum absolute atomic E-state index is 0.0177. The van der Waals surface area contributed by atoms with Crippen molar-refractivity contribution in [2.75, 3.05) is 12.4 Å². The molecule has 2 amide bonds. The van der Waals surface area contributed by atoms with Crippen molar-refractivity contribution in [1.29, 1.82) is 0 Å². The summed E-state index contributed by atoms with van der Waals surface area (Å²) in [5.74, 6) is 1.14. The highest BCUT2D eigenvalue weighted by molar-refractivity contribution is 6.02. The van der Waals surface area contributed by atoms with Gasteiger partial charge in [0.25, 0.3) is 5.91 Å². The summed E-state index contributed by atoms with van der Waals surface area (Å²) in [6, 6.07) is 8.18. The lowest BCUT2D eigenvalue weighted by atomic mass is 9.58. The normalized spacial score (nSPS) is 34.5. The molecule has 5 aliphatic rings. The van der Waals surface area contributed by atoms with Crippen molar-refractivity contribution in [2.45, 2.75) is 69.5 Å². The fourth-order valence-corrected chi connectivity index (χ4v) is 6.36. The van der Waals surface area contributed by atoms with Gasteiger partial charge in [-0.3, -0.25) is 9.59 Å². The molecule has 4 fully saturated rings. The summed E-state index contributed by atoms with van der Waals surface area (Å²) >= 11 is 0. The number of carbonyl (C=O) groups excluding carboxylic acids is 2. The second-order valence-corrected chi connectivity index (χ2v) is 9.42. The third kappa shape index (κ3) is 2.82. The van der Waals surface area contributed by atoms with Crippen molar-refractivity contribution in [3.63, 3.8) is 0 Å². The number of nitrogens with one attached hydrogen (secondary N) is 2. The molecule has 5 nitrogen and oxygen atoms in total. The molecule has 1 aromatic rings. The quantitative estimate of drug-likeness (QED) is 0.820. The number of nitrogens with zero attached hydrogens (tertiary/aromatic N) is 1. The Kier molecular flexibility index (Phi) is 4.37. The lowest BCUT2D eigenvalue weighted by Gasteiger charge is -2.57. The summed E-state index contributed by atoms with van der Waals surface area (Å²) < 4.78 is 0. The van der Waals surface area contributed by atoms with Crippen LogP contribution in [-0.4, -0.2) is 35.5 Å². The van der Waals surface area contributed by atoms with Crippen LogP contribution in [0.1, 0.15) is 68.1 Å². The second kappa shape index (κ2) is 6.78. The summed E-state index contributed by atoms with van der Waals surface area (Å²) in [4.78, 5) is 28.1. The molecule has 4 aliphatic carbocycles. The third-order valence-electron chi connectivity index (χ3n) is 7.93. The molecule has 0 radical (unpaired) electrons. The van der Waals surface area contributed by atoms with Gasteiger partial charge in [-0.25, -0.2) is 0 Å². The summed E-state index contributed by atoms with van der Waals surface area (Å²) in [6.07, 6.45) is 10.0. The monoisotopic (exact) mass is 381 g/mol.